The SMILES string of the molecule is CN1CCN(c2ccc(C(=O)Nc3ccc(CN4C(=O)CCC4=O)cc3)cc2[N+](=O)[O-])CC1. The van der Waals surface area contributed by atoms with Gasteiger partial charge in [-0.05, 0) is 36.9 Å². The van der Waals surface area contributed by atoms with Gasteiger partial charge in [0.05, 0.1) is 11.5 Å². The molecule has 2 aromatic rings. The molecule has 10 heteroatoms. The number of anilines is 2. The Balaban J connectivity index is 1.44. The summed E-state index contributed by atoms with van der Waals surface area (Å²) in [5, 5.41) is 14.4. The first-order valence-electron chi connectivity index (χ1n) is 10.8. The first kappa shape index (κ1) is 22.4. The molecule has 0 aromatic heterocycles. The van der Waals surface area contributed by atoms with E-state index < -0.39 is 10.8 Å². The van der Waals surface area contributed by atoms with Crippen molar-refractivity contribution in [1.29, 1.82) is 0 Å². The number of likely N-dealkylation sites (N-methyl/N-ethyl adjacent to an activating group) is 1. The quantitative estimate of drug-likeness (QED) is 0.407. The van der Waals surface area contributed by atoms with Gasteiger partial charge in [-0.25, -0.2) is 0 Å². The molecule has 0 saturated carbocycles. The summed E-state index contributed by atoms with van der Waals surface area (Å²) >= 11 is 0. The molecule has 2 saturated heterocycles. The topological polar surface area (TPSA) is 116 Å². The fraction of sp³-hybridized carbons (Fsp3) is 0.348. The van der Waals surface area contributed by atoms with Crippen LogP contribution in [0.15, 0.2) is 42.5 Å². The van der Waals surface area contributed by atoms with Crippen LogP contribution in [0, 0.1) is 10.1 Å². The maximum absolute atomic E-state index is 12.7. The Labute approximate surface area is 190 Å². The van der Waals surface area contributed by atoms with Gasteiger partial charge in [-0.3, -0.25) is 29.4 Å². The van der Waals surface area contributed by atoms with Gasteiger partial charge in [-0.15, -0.1) is 0 Å². The summed E-state index contributed by atoms with van der Waals surface area (Å²) in [6.45, 7) is 3.20. The molecular weight excluding hydrogens is 426 g/mol. The highest BCUT2D eigenvalue weighted by Gasteiger charge is 2.28. The summed E-state index contributed by atoms with van der Waals surface area (Å²) in [7, 11) is 2.01. The van der Waals surface area contributed by atoms with E-state index >= 15 is 0 Å². The van der Waals surface area contributed by atoms with E-state index in [0.717, 1.165) is 18.7 Å². The molecule has 0 bridgehead atoms. The summed E-state index contributed by atoms with van der Waals surface area (Å²) in [5.74, 6) is -0.821. The normalized spacial score (nSPS) is 16.9. The molecule has 2 aromatic carbocycles. The number of nitro groups is 1. The molecule has 0 radical (unpaired) electrons. The first-order chi connectivity index (χ1) is 15.8. The molecule has 10 nitrogen and oxygen atoms in total. The number of hydrogen-bond donors (Lipinski definition) is 1. The molecule has 2 fully saturated rings. The minimum Gasteiger partial charge on any atom is -0.363 e. The molecule has 0 spiro atoms. The summed E-state index contributed by atoms with van der Waals surface area (Å²) in [6.07, 6.45) is 0.486. The lowest BCUT2D eigenvalue weighted by molar-refractivity contribution is -0.384. The van der Waals surface area contributed by atoms with Crippen LogP contribution in [0.3, 0.4) is 0 Å². The first-order valence-corrected chi connectivity index (χ1v) is 10.8. The fourth-order valence-electron chi connectivity index (χ4n) is 4.00. The Hall–Kier alpha value is -3.79. The maximum Gasteiger partial charge on any atom is 0.293 e. The van der Waals surface area contributed by atoms with Gasteiger partial charge in [0.25, 0.3) is 11.6 Å². The maximum atomic E-state index is 12.7. The van der Waals surface area contributed by atoms with Gasteiger partial charge in [0.1, 0.15) is 5.69 Å². The van der Waals surface area contributed by atoms with Crippen molar-refractivity contribution in [3.05, 3.63) is 63.7 Å². The number of carbonyl (C=O) groups excluding carboxylic acids is 3. The summed E-state index contributed by atoms with van der Waals surface area (Å²) < 4.78 is 0. The van der Waals surface area contributed by atoms with Gasteiger partial charge in [-0.2, -0.15) is 0 Å². The third-order valence-electron chi connectivity index (χ3n) is 5.99. The number of hydrogen-bond acceptors (Lipinski definition) is 7. The van der Waals surface area contributed by atoms with Gasteiger partial charge in [0.15, 0.2) is 0 Å². The number of nitro benzene ring substituents is 1. The number of benzene rings is 2. The van der Waals surface area contributed by atoms with Crippen LogP contribution in [0.25, 0.3) is 0 Å². The zero-order valence-corrected chi connectivity index (χ0v) is 18.3. The summed E-state index contributed by atoms with van der Waals surface area (Å²) in [6, 6.07) is 11.3. The molecule has 0 unspecified atom stereocenters. The molecule has 2 heterocycles. The van der Waals surface area contributed by atoms with Crippen LogP contribution in [0.4, 0.5) is 17.1 Å². The van der Waals surface area contributed by atoms with Gasteiger partial charge in [0, 0.05) is 56.3 Å². The Morgan fingerprint density at radius 2 is 1.64 bits per heavy atom. The molecule has 1 N–H and O–H groups in total. The second-order valence-electron chi connectivity index (χ2n) is 8.28. The summed E-state index contributed by atoms with van der Waals surface area (Å²) in [5.41, 5.74) is 1.89. The third kappa shape index (κ3) is 5.01. The third-order valence-corrected chi connectivity index (χ3v) is 5.99. The molecule has 0 aliphatic carbocycles. The van der Waals surface area contributed by atoms with E-state index in [1.807, 2.05) is 11.9 Å². The van der Waals surface area contributed by atoms with Crippen molar-refractivity contribution in [2.45, 2.75) is 19.4 Å². The monoisotopic (exact) mass is 451 g/mol. The number of nitrogens with zero attached hydrogens (tertiary/aromatic N) is 4. The Morgan fingerprint density at radius 3 is 2.24 bits per heavy atom. The molecule has 2 aliphatic heterocycles. The molecule has 2 aliphatic rings. The van der Waals surface area contributed by atoms with E-state index in [9.17, 15) is 24.5 Å². The van der Waals surface area contributed by atoms with Crippen LogP contribution in [-0.2, 0) is 16.1 Å². The van der Waals surface area contributed by atoms with Gasteiger partial charge in [-0.1, -0.05) is 12.1 Å². The minimum absolute atomic E-state index is 0.0949. The van der Waals surface area contributed by atoms with Crippen molar-refractivity contribution in [1.82, 2.24) is 9.80 Å². The lowest BCUT2D eigenvalue weighted by atomic mass is 10.1. The zero-order chi connectivity index (χ0) is 23.5. The predicted octanol–water partition coefficient (Wildman–Crippen LogP) is 2.25. The molecule has 33 heavy (non-hydrogen) atoms. The number of nitrogens with one attached hydrogen (secondary N) is 1. The van der Waals surface area contributed by atoms with Crippen LogP contribution >= 0.6 is 0 Å². The van der Waals surface area contributed by atoms with Crippen molar-refractivity contribution in [3.63, 3.8) is 0 Å². The van der Waals surface area contributed by atoms with Gasteiger partial charge in [0.2, 0.25) is 11.8 Å². The van der Waals surface area contributed by atoms with E-state index in [1.165, 1.54) is 11.0 Å². The van der Waals surface area contributed by atoms with Crippen LogP contribution in [0.2, 0.25) is 0 Å². The Bertz CT molecular complexity index is 1080. The van der Waals surface area contributed by atoms with E-state index in [2.05, 4.69) is 10.2 Å². The van der Waals surface area contributed by atoms with Crippen molar-refractivity contribution in [2.75, 3.05) is 43.4 Å². The van der Waals surface area contributed by atoms with E-state index in [-0.39, 0.29) is 42.5 Å². The molecule has 172 valence electrons. The summed E-state index contributed by atoms with van der Waals surface area (Å²) in [4.78, 5) is 52.8. The second kappa shape index (κ2) is 9.37. The number of imide groups is 1. The minimum atomic E-state index is -0.458. The van der Waals surface area contributed by atoms with Crippen LogP contribution in [-0.4, -0.2) is 65.7 Å². The number of likely N-dealkylation sites (tertiary alicyclic amines) is 1. The van der Waals surface area contributed by atoms with Crippen molar-refractivity contribution in [3.8, 4) is 0 Å². The largest absolute Gasteiger partial charge is 0.363 e. The number of amides is 3. The van der Waals surface area contributed by atoms with Crippen molar-refractivity contribution < 1.29 is 19.3 Å². The van der Waals surface area contributed by atoms with Crippen LogP contribution in [0.5, 0.6) is 0 Å². The van der Waals surface area contributed by atoms with Gasteiger partial charge < -0.3 is 15.1 Å². The van der Waals surface area contributed by atoms with Crippen molar-refractivity contribution >= 4 is 34.8 Å². The predicted molar refractivity (Wildman–Crippen MR) is 122 cm³/mol. The van der Waals surface area contributed by atoms with Crippen molar-refractivity contribution in [2.24, 2.45) is 0 Å². The fourth-order valence-corrected chi connectivity index (χ4v) is 4.00. The smallest absolute Gasteiger partial charge is 0.293 e. The van der Waals surface area contributed by atoms with E-state index in [1.54, 1.807) is 36.4 Å². The van der Waals surface area contributed by atoms with Crippen LogP contribution in [0.1, 0.15) is 28.8 Å². The van der Waals surface area contributed by atoms with Crippen LogP contribution < -0.4 is 10.2 Å². The Kier molecular flexibility index (Phi) is 6.36. The number of carbonyl (C=O) groups is 3. The van der Waals surface area contributed by atoms with E-state index in [4.69, 9.17) is 0 Å². The number of rotatable bonds is 6. The average Bonchev–Trinajstić information content (AvgIpc) is 3.12. The van der Waals surface area contributed by atoms with E-state index in [0.29, 0.717) is 24.5 Å². The highest BCUT2D eigenvalue weighted by molar-refractivity contribution is 6.05. The average molecular weight is 451 g/mol. The highest BCUT2D eigenvalue weighted by atomic mass is 16.6. The highest BCUT2D eigenvalue weighted by Crippen LogP contribution is 2.30. The lowest BCUT2D eigenvalue weighted by Gasteiger charge is -2.33. The van der Waals surface area contributed by atoms with Gasteiger partial charge >= 0.3 is 0 Å². The molecular formula is C23H25N5O5. The molecule has 4 rings (SSSR count). The second-order valence-corrected chi connectivity index (χ2v) is 8.28. The number of piperazine rings is 1. The lowest BCUT2D eigenvalue weighted by Crippen LogP contribution is -2.44. The zero-order valence-electron chi connectivity index (χ0n) is 18.3. The Morgan fingerprint density at radius 1 is 1.00 bits per heavy atom. The standard InChI is InChI=1S/C23H25N5O5/c1-25-10-12-26(13-11-25)19-7-4-17(14-20(19)28(32)33)23(31)24-18-5-2-16(3-6-18)15-27-21(29)8-9-22(27)30/h2-7,14H,8-13,15H2,1H3,(H,24,31). The molecule has 0 atom stereocenters. The molecule has 3 amide bonds.